The third-order valence-electron chi connectivity index (χ3n) is 4.92. The molecule has 4 rings (SSSR count). The Bertz CT molecular complexity index is 1000. The van der Waals surface area contributed by atoms with Crippen LogP contribution in [-0.4, -0.2) is 11.6 Å². The van der Waals surface area contributed by atoms with Gasteiger partial charge in [0.05, 0.1) is 6.61 Å². The summed E-state index contributed by atoms with van der Waals surface area (Å²) in [5.41, 5.74) is 5.31. The van der Waals surface area contributed by atoms with E-state index in [2.05, 4.69) is 78.1 Å². The molecule has 0 saturated heterocycles. The van der Waals surface area contributed by atoms with Crippen molar-refractivity contribution in [3.05, 3.63) is 77.3 Å². The predicted molar refractivity (Wildman–Crippen MR) is 116 cm³/mol. The summed E-state index contributed by atoms with van der Waals surface area (Å²) in [5, 5.41) is 3.46. The van der Waals surface area contributed by atoms with Gasteiger partial charge in [-0.2, -0.15) is 0 Å². The smallest absolute Gasteiger partial charge is 0.119 e. The normalized spacial score (nSPS) is 11.1. The first-order chi connectivity index (χ1) is 13.3. The van der Waals surface area contributed by atoms with E-state index in [1.165, 1.54) is 32.5 Å². The van der Waals surface area contributed by atoms with E-state index >= 15 is 0 Å². The number of ether oxygens (including phenoxy) is 1. The van der Waals surface area contributed by atoms with Gasteiger partial charge in [-0.15, -0.1) is 11.3 Å². The number of rotatable bonds is 8. The second-order valence-electron chi connectivity index (χ2n) is 6.86. The van der Waals surface area contributed by atoms with Gasteiger partial charge < -0.3 is 9.72 Å². The first-order valence-electron chi connectivity index (χ1n) is 9.69. The maximum atomic E-state index is 6.07. The predicted octanol–water partition coefficient (Wildman–Crippen LogP) is 6.86. The molecule has 138 valence electrons. The average molecular weight is 376 g/mol. The third kappa shape index (κ3) is 4.09. The number of hydrogen-bond donors (Lipinski definition) is 1. The van der Waals surface area contributed by atoms with Gasteiger partial charge in [0, 0.05) is 22.0 Å². The van der Waals surface area contributed by atoms with Gasteiger partial charge in [0.15, 0.2) is 0 Å². The van der Waals surface area contributed by atoms with Gasteiger partial charge in [-0.1, -0.05) is 37.6 Å². The number of H-pyrrole nitrogens is 1. The Balaban J connectivity index is 1.39. The highest BCUT2D eigenvalue weighted by molar-refractivity contribution is 7.13. The second kappa shape index (κ2) is 8.45. The highest BCUT2D eigenvalue weighted by Crippen LogP contribution is 2.31. The zero-order chi connectivity index (χ0) is 18.5. The van der Waals surface area contributed by atoms with Crippen molar-refractivity contribution in [2.45, 2.75) is 32.6 Å². The highest BCUT2D eigenvalue weighted by Gasteiger charge is 2.08. The number of thiophene rings is 1. The fourth-order valence-corrected chi connectivity index (χ4v) is 4.39. The number of para-hydroxylation sites is 1. The monoisotopic (exact) mass is 375 g/mol. The largest absolute Gasteiger partial charge is 0.494 e. The Morgan fingerprint density at radius 3 is 2.74 bits per heavy atom. The quantitative estimate of drug-likeness (QED) is 0.334. The number of aromatic amines is 1. The van der Waals surface area contributed by atoms with Crippen LogP contribution in [0.5, 0.6) is 5.75 Å². The summed E-state index contributed by atoms with van der Waals surface area (Å²) in [4.78, 5) is 4.69. The van der Waals surface area contributed by atoms with Crippen molar-refractivity contribution in [1.29, 1.82) is 0 Å². The third-order valence-corrected chi connectivity index (χ3v) is 5.82. The molecular weight excluding hydrogens is 350 g/mol. The lowest BCUT2D eigenvalue weighted by atomic mass is 10.0. The van der Waals surface area contributed by atoms with Crippen LogP contribution in [0.2, 0.25) is 0 Å². The second-order valence-corrected chi connectivity index (χ2v) is 7.81. The molecule has 0 atom stereocenters. The Morgan fingerprint density at radius 1 is 0.963 bits per heavy atom. The molecule has 0 aliphatic carbocycles. The van der Waals surface area contributed by atoms with Gasteiger partial charge in [0.25, 0.3) is 0 Å². The molecule has 2 aromatic heterocycles. The van der Waals surface area contributed by atoms with E-state index in [-0.39, 0.29) is 0 Å². The lowest BCUT2D eigenvalue weighted by Crippen LogP contribution is -2.00. The summed E-state index contributed by atoms with van der Waals surface area (Å²) >= 11 is 1.80. The molecule has 2 heterocycles. The molecule has 2 aromatic carbocycles. The van der Waals surface area contributed by atoms with Crippen molar-refractivity contribution in [2.24, 2.45) is 0 Å². The number of aryl methyl sites for hydroxylation is 2. The fourth-order valence-electron chi connectivity index (χ4n) is 3.60. The Morgan fingerprint density at radius 2 is 1.89 bits per heavy atom. The summed E-state index contributed by atoms with van der Waals surface area (Å²) in [6.45, 7) is 2.97. The van der Waals surface area contributed by atoms with E-state index in [1.807, 2.05) is 0 Å². The minimum Gasteiger partial charge on any atom is -0.494 e. The van der Waals surface area contributed by atoms with E-state index in [0.717, 1.165) is 38.0 Å². The van der Waals surface area contributed by atoms with Gasteiger partial charge in [-0.05, 0) is 71.7 Å². The van der Waals surface area contributed by atoms with Crippen molar-refractivity contribution in [3.8, 4) is 16.2 Å². The lowest BCUT2D eigenvalue weighted by Gasteiger charge is -2.11. The molecule has 0 spiro atoms. The molecule has 0 saturated carbocycles. The Labute approximate surface area is 164 Å². The van der Waals surface area contributed by atoms with Gasteiger partial charge >= 0.3 is 0 Å². The van der Waals surface area contributed by atoms with Gasteiger partial charge in [0.2, 0.25) is 0 Å². The van der Waals surface area contributed by atoms with Crippen LogP contribution in [0, 0.1) is 0 Å². The molecule has 0 radical (unpaired) electrons. The number of fused-ring (bicyclic) bond motifs is 1. The number of benzene rings is 2. The van der Waals surface area contributed by atoms with Gasteiger partial charge in [0.1, 0.15) is 5.75 Å². The summed E-state index contributed by atoms with van der Waals surface area (Å²) in [7, 11) is 0. The van der Waals surface area contributed by atoms with Crippen LogP contribution in [0.25, 0.3) is 21.3 Å². The lowest BCUT2D eigenvalue weighted by molar-refractivity contribution is 0.311. The molecule has 0 aliphatic heterocycles. The van der Waals surface area contributed by atoms with Crippen molar-refractivity contribution in [2.75, 3.05) is 6.61 Å². The molecule has 0 aliphatic rings. The fraction of sp³-hybridized carbons (Fsp3) is 0.250. The molecule has 1 N–H and O–H groups in total. The standard InChI is InChI=1S/C24H25NOS/c1-2-7-18-16-20(12-13-22(18)24-11-6-15-27-24)26-14-5-8-19-17-25-23-10-4-3-9-21(19)23/h3-4,6,9-13,15-17,25H,2,5,7-8,14H2,1H3. The van der Waals surface area contributed by atoms with Crippen LogP contribution in [0.1, 0.15) is 30.9 Å². The van der Waals surface area contributed by atoms with Crippen LogP contribution >= 0.6 is 11.3 Å². The first-order valence-corrected chi connectivity index (χ1v) is 10.6. The molecule has 0 amide bonds. The summed E-state index contributed by atoms with van der Waals surface area (Å²) in [6, 6.07) is 19.3. The number of hydrogen-bond acceptors (Lipinski definition) is 2. The maximum Gasteiger partial charge on any atom is 0.119 e. The van der Waals surface area contributed by atoms with Gasteiger partial charge in [-0.25, -0.2) is 0 Å². The molecule has 3 heteroatoms. The van der Waals surface area contributed by atoms with E-state index in [0.29, 0.717) is 0 Å². The van der Waals surface area contributed by atoms with E-state index in [9.17, 15) is 0 Å². The summed E-state index contributed by atoms with van der Waals surface area (Å²) in [5.74, 6) is 0.984. The van der Waals surface area contributed by atoms with Crippen molar-refractivity contribution < 1.29 is 4.74 Å². The first kappa shape index (κ1) is 17.9. The minimum absolute atomic E-state index is 0.740. The molecule has 0 unspecified atom stereocenters. The van der Waals surface area contributed by atoms with Crippen LogP contribution in [0.3, 0.4) is 0 Å². The van der Waals surface area contributed by atoms with Crippen LogP contribution in [-0.2, 0) is 12.8 Å². The van der Waals surface area contributed by atoms with Crippen molar-refractivity contribution in [1.82, 2.24) is 4.98 Å². The van der Waals surface area contributed by atoms with Crippen LogP contribution in [0.4, 0.5) is 0 Å². The van der Waals surface area contributed by atoms with Crippen molar-refractivity contribution in [3.63, 3.8) is 0 Å². The topological polar surface area (TPSA) is 25.0 Å². The van der Waals surface area contributed by atoms with E-state index in [1.54, 1.807) is 11.3 Å². The van der Waals surface area contributed by atoms with Gasteiger partial charge in [-0.3, -0.25) is 0 Å². The number of nitrogens with one attached hydrogen (secondary N) is 1. The summed E-state index contributed by atoms with van der Waals surface area (Å²) < 4.78 is 6.07. The zero-order valence-corrected chi connectivity index (χ0v) is 16.5. The minimum atomic E-state index is 0.740. The summed E-state index contributed by atoms with van der Waals surface area (Å²) in [6.07, 6.45) is 6.39. The Kier molecular flexibility index (Phi) is 5.59. The molecule has 0 fully saturated rings. The number of aromatic nitrogens is 1. The van der Waals surface area contributed by atoms with Crippen molar-refractivity contribution >= 4 is 22.2 Å². The molecule has 4 aromatic rings. The van der Waals surface area contributed by atoms with E-state index in [4.69, 9.17) is 4.74 Å². The zero-order valence-electron chi connectivity index (χ0n) is 15.7. The molecule has 0 bridgehead atoms. The molecular formula is C24H25NOS. The SMILES string of the molecule is CCCc1cc(OCCCc2c[nH]c3ccccc23)ccc1-c1cccs1. The Hall–Kier alpha value is -2.52. The maximum absolute atomic E-state index is 6.07. The van der Waals surface area contributed by atoms with Crippen LogP contribution in [0.15, 0.2) is 66.2 Å². The highest BCUT2D eigenvalue weighted by atomic mass is 32.1. The molecule has 2 nitrogen and oxygen atoms in total. The van der Waals surface area contributed by atoms with Crippen LogP contribution < -0.4 is 4.74 Å². The average Bonchev–Trinajstić information content (AvgIpc) is 3.36. The molecule has 27 heavy (non-hydrogen) atoms. The van der Waals surface area contributed by atoms with E-state index < -0.39 is 0 Å².